The molecule has 12 heteroatoms. The molecule has 2 N–H and O–H groups in total. The summed E-state index contributed by atoms with van der Waals surface area (Å²) in [6.07, 6.45) is 7.53. The Labute approximate surface area is 268 Å². The van der Waals surface area contributed by atoms with Crippen LogP contribution in [0, 0.1) is 5.92 Å². The van der Waals surface area contributed by atoms with Crippen molar-refractivity contribution in [1.29, 1.82) is 0 Å². The maximum absolute atomic E-state index is 12.8. The predicted molar refractivity (Wildman–Crippen MR) is 180 cm³/mol. The van der Waals surface area contributed by atoms with E-state index in [1.54, 1.807) is 33.2 Å². The topological polar surface area (TPSA) is 124 Å². The largest absolute Gasteiger partial charge is 0.443 e. The molecule has 0 radical (unpaired) electrons. The summed E-state index contributed by atoms with van der Waals surface area (Å²) in [4.78, 5) is 21.5. The van der Waals surface area contributed by atoms with Gasteiger partial charge in [-0.1, -0.05) is 51.1 Å². The zero-order chi connectivity index (χ0) is 32.8. The number of rotatable bonds is 8. The smallest absolute Gasteiger partial charge is 0.421 e. The Bertz CT molecular complexity index is 1690. The summed E-state index contributed by atoms with van der Waals surface area (Å²) in [5, 5.41) is 5.68. The molecule has 0 aliphatic heterocycles. The molecule has 1 unspecified atom stereocenters. The molecule has 0 spiro atoms. The summed E-state index contributed by atoms with van der Waals surface area (Å²) < 4.78 is 41.8. The molecule has 2 heterocycles. The average molecular weight is 654 g/mol. The second-order valence-corrected chi connectivity index (χ2v) is 21.1. The van der Waals surface area contributed by atoms with Crippen LogP contribution in [-0.4, -0.2) is 49.1 Å². The van der Waals surface area contributed by atoms with E-state index in [4.69, 9.17) is 9.16 Å². The van der Waals surface area contributed by atoms with E-state index in [-0.39, 0.29) is 29.1 Å². The van der Waals surface area contributed by atoms with Crippen LogP contribution < -0.4 is 10.0 Å². The Kier molecular flexibility index (Phi) is 8.97. The number of sulfonamides is 1. The summed E-state index contributed by atoms with van der Waals surface area (Å²) in [5.74, 6) is 0.620. The molecule has 3 aromatic rings. The lowest BCUT2D eigenvalue weighted by molar-refractivity contribution is 0.0571. The highest BCUT2D eigenvalue weighted by Gasteiger charge is 2.44. The first kappa shape index (κ1) is 33.1. The highest BCUT2D eigenvalue weighted by molar-refractivity contribution is 7.92. The molecule has 0 bridgehead atoms. The van der Waals surface area contributed by atoms with Gasteiger partial charge in [-0.2, -0.15) is 0 Å². The zero-order valence-corrected chi connectivity index (χ0v) is 29.4. The van der Waals surface area contributed by atoms with Gasteiger partial charge in [0, 0.05) is 23.6 Å². The number of hydrogen-bond donors (Lipinski definition) is 2. The van der Waals surface area contributed by atoms with Crippen LogP contribution in [0.4, 0.5) is 10.6 Å². The first-order valence-corrected chi connectivity index (χ1v) is 20.2. The van der Waals surface area contributed by atoms with Gasteiger partial charge in [0.15, 0.2) is 8.32 Å². The molecule has 1 saturated carbocycles. The molecule has 244 valence electrons. The molecular formula is C33H47N5O5SSi. The van der Waals surface area contributed by atoms with Crippen LogP contribution in [-0.2, 0) is 25.6 Å². The van der Waals surface area contributed by atoms with Crippen LogP contribution in [0.3, 0.4) is 0 Å². The van der Waals surface area contributed by atoms with E-state index >= 15 is 0 Å². The molecule has 4 atom stereocenters. The molecule has 2 aromatic heterocycles. The van der Waals surface area contributed by atoms with Crippen molar-refractivity contribution >= 4 is 41.3 Å². The maximum Gasteiger partial charge on any atom is 0.421 e. The van der Waals surface area contributed by atoms with Crippen molar-refractivity contribution in [3.63, 3.8) is 0 Å². The standard InChI is InChI=1S/C33H47N5O5SSi/c1-32(2,3)42-31(39)37-44(40,41)18-16-23-19-24(20-28(23)43-45(7,8)33(4,5)6)38-17-15-26-29(34-21-35-30(26)38)36-27-14-13-22-11-9-10-12-25(22)27/h9-12,15-18,21,23-24,27-28H,13-14,19-20H2,1-8H3,(H,37,39)(H,34,35,36)/t23?,24-,27+,28+/m1/s1. The number of fused-ring (bicyclic) bond motifs is 2. The van der Waals surface area contributed by atoms with Crippen LogP contribution >= 0.6 is 0 Å². The average Bonchev–Trinajstić information content (AvgIpc) is 3.63. The Balaban J connectivity index is 1.39. The third kappa shape index (κ3) is 7.61. The van der Waals surface area contributed by atoms with E-state index in [9.17, 15) is 13.2 Å². The number of benzene rings is 1. The van der Waals surface area contributed by atoms with Gasteiger partial charge in [-0.25, -0.2) is 27.9 Å². The van der Waals surface area contributed by atoms with E-state index in [1.807, 2.05) is 10.9 Å². The number of nitrogens with one attached hydrogen (secondary N) is 2. The number of carbonyl (C=O) groups is 1. The van der Waals surface area contributed by atoms with E-state index in [0.717, 1.165) is 35.1 Å². The predicted octanol–water partition coefficient (Wildman–Crippen LogP) is 7.24. The normalized spacial score (nSPS) is 22.6. The highest BCUT2D eigenvalue weighted by atomic mass is 32.2. The first-order chi connectivity index (χ1) is 20.9. The molecule has 1 fully saturated rings. The van der Waals surface area contributed by atoms with Crippen molar-refractivity contribution in [3.05, 3.63) is 65.5 Å². The lowest BCUT2D eigenvalue weighted by Gasteiger charge is -2.39. The quantitative estimate of drug-likeness (QED) is 0.244. The molecule has 2 aliphatic rings. The lowest BCUT2D eigenvalue weighted by Crippen LogP contribution is -2.44. The van der Waals surface area contributed by atoms with Crippen molar-refractivity contribution in [2.45, 2.75) is 109 Å². The molecule has 2 aliphatic carbocycles. The fourth-order valence-corrected chi connectivity index (χ4v) is 8.16. The van der Waals surface area contributed by atoms with E-state index in [0.29, 0.717) is 12.8 Å². The van der Waals surface area contributed by atoms with Crippen LogP contribution in [0.15, 0.2) is 54.3 Å². The van der Waals surface area contributed by atoms with Crippen LogP contribution in [0.2, 0.25) is 18.1 Å². The SMILES string of the molecule is CC(C)(C)OC(=O)NS(=O)(=O)C=CC1C[C@@H](n2ccc3c(N[C@H]4CCc5ccccc54)ncnc32)C[C@@H]1O[Si](C)(C)C(C)(C)C. The summed E-state index contributed by atoms with van der Waals surface area (Å²) in [5.41, 5.74) is 2.71. The van der Waals surface area contributed by atoms with Crippen LogP contribution in [0.5, 0.6) is 0 Å². The zero-order valence-electron chi connectivity index (χ0n) is 27.6. The van der Waals surface area contributed by atoms with Crippen molar-refractivity contribution < 1.29 is 22.4 Å². The van der Waals surface area contributed by atoms with E-state index in [1.165, 1.54) is 11.1 Å². The maximum atomic E-state index is 12.8. The number of ether oxygens (including phenoxy) is 1. The van der Waals surface area contributed by atoms with Gasteiger partial charge in [0.05, 0.1) is 17.5 Å². The van der Waals surface area contributed by atoms with Crippen molar-refractivity contribution in [2.75, 3.05) is 5.32 Å². The van der Waals surface area contributed by atoms with Crippen LogP contribution in [0.1, 0.15) is 84.0 Å². The Hall–Kier alpha value is -3.22. The van der Waals surface area contributed by atoms with Gasteiger partial charge in [-0.05, 0) is 81.8 Å². The summed E-state index contributed by atoms with van der Waals surface area (Å²) in [6, 6.07) is 10.8. The van der Waals surface area contributed by atoms with Crippen molar-refractivity contribution in [3.8, 4) is 0 Å². The number of anilines is 1. The van der Waals surface area contributed by atoms with Gasteiger partial charge in [0.25, 0.3) is 10.0 Å². The van der Waals surface area contributed by atoms with Crippen molar-refractivity contribution in [2.24, 2.45) is 5.92 Å². The monoisotopic (exact) mass is 653 g/mol. The first-order valence-electron chi connectivity index (χ1n) is 15.7. The van der Waals surface area contributed by atoms with E-state index in [2.05, 4.69) is 84.0 Å². The summed E-state index contributed by atoms with van der Waals surface area (Å²) >= 11 is 0. The number of aryl methyl sites for hydroxylation is 1. The minimum absolute atomic E-state index is 0.0174. The third-order valence-corrected chi connectivity index (χ3v) is 14.7. The van der Waals surface area contributed by atoms with Crippen LogP contribution in [0.25, 0.3) is 11.0 Å². The number of hydrogen-bond acceptors (Lipinski definition) is 8. The molecule has 10 nitrogen and oxygen atoms in total. The fourth-order valence-electron chi connectivity index (χ4n) is 6.03. The Morgan fingerprint density at radius 1 is 1.07 bits per heavy atom. The lowest BCUT2D eigenvalue weighted by atomic mass is 10.1. The molecule has 5 rings (SSSR count). The second-order valence-electron chi connectivity index (χ2n) is 14.8. The number of nitrogens with zero attached hydrogens (tertiary/aromatic N) is 3. The van der Waals surface area contributed by atoms with Crippen molar-refractivity contribution in [1.82, 2.24) is 19.3 Å². The minimum atomic E-state index is -4.07. The van der Waals surface area contributed by atoms with Gasteiger partial charge in [0.1, 0.15) is 23.4 Å². The Morgan fingerprint density at radius 3 is 2.51 bits per heavy atom. The van der Waals surface area contributed by atoms with Gasteiger partial charge >= 0.3 is 6.09 Å². The minimum Gasteiger partial charge on any atom is -0.443 e. The molecule has 0 saturated heterocycles. The molecular weight excluding hydrogens is 607 g/mol. The number of carbonyl (C=O) groups excluding carboxylic acids is 1. The Morgan fingerprint density at radius 2 is 1.80 bits per heavy atom. The third-order valence-electron chi connectivity index (χ3n) is 9.25. The fraction of sp³-hybridized carbons (Fsp3) is 0.545. The van der Waals surface area contributed by atoms with Gasteiger partial charge < -0.3 is 19.0 Å². The highest BCUT2D eigenvalue weighted by Crippen LogP contribution is 2.45. The number of amides is 1. The van der Waals surface area contributed by atoms with Gasteiger partial charge in [0.2, 0.25) is 0 Å². The molecule has 1 aromatic carbocycles. The van der Waals surface area contributed by atoms with Gasteiger partial charge in [-0.3, -0.25) is 0 Å². The number of aromatic nitrogens is 3. The second kappa shape index (κ2) is 12.2. The van der Waals surface area contributed by atoms with Gasteiger partial charge in [-0.15, -0.1) is 0 Å². The van der Waals surface area contributed by atoms with E-state index < -0.39 is 30.0 Å². The summed E-state index contributed by atoms with van der Waals surface area (Å²) in [7, 11) is -6.25. The molecule has 1 amide bonds. The summed E-state index contributed by atoms with van der Waals surface area (Å²) in [6.45, 7) is 16.0. The molecule has 45 heavy (non-hydrogen) atoms.